The van der Waals surface area contributed by atoms with E-state index in [1.54, 1.807) is 0 Å². The van der Waals surface area contributed by atoms with Crippen LogP contribution in [0.5, 0.6) is 0 Å². The smallest absolute Gasteiger partial charge is 0.145 e. The monoisotopic (exact) mass is 880 g/mol. The van der Waals surface area contributed by atoms with Gasteiger partial charge in [0.05, 0.1) is 22.1 Å². The molecule has 9 aromatic carbocycles. The predicted octanol–water partition coefficient (Wildman–Crippen LogP) is 18.3. The molecular weight excluding hydrogens is 829 g/mol. The Morgan fingerprint density at radius 1 is 0.353 bits per heavy atom. The van der Waals surface area contributed by atoms with E-state index in [1.807, 2.05) is 0 Å². The van der Waals surface area contributed by atoms with Crippen LogP contribution < -0.4 is 9.80 Å². The van der Waals surface area contributed by atoms with Crippen LogP contribution in [0.2, 0.25) is 0 Å². The molecule has 2 aliphatic carbocycles. The maximum absolute atomic E-state index is 7.16. The van der Waals surface area contributed by atoms with Crippen molar-refractivity contribution in [3.63, 3.8) is 0 Å². The summed E-state index contributed by atoms with van der Waals surface area (Å²) in [5.74, 6) is 0. The summed E-state index contributed by atoms with van der Waals surface area (Å²) in [6.07, 6.45) is 0. The molecule has 13 rings (SSSR count). The summed E-state index contributed by atoms with van der Waals surface area (Å²) < 4.78 is 14.3. The number of hydrogen-bond donors (Lipinski definition) is 0. The molecule has 0 aliphatic heterocycles. The van der Waals surface area contributed by atoms with Crippen molar-refractivity contribution in [3.05, 3.63) is 214 Å². The third kappa shape index (κ3) is 5.73. The fourth-order valence-corrected chi connectivity index (χ4v) is 11.6. The maximum atomic E-state index is 7.16. The van der Waals surface area contributed by atoms with Crippen LogP contribution in [0.25, 0.3) is 66.1 Å². The van der Waals surface area contributed by atoms with E-state index in [2.05, 4.69) is 235 Å². The molecule has 11 aromatic rings. The van der Waals surface area contributed by atoms with Crippen LogP contribution in [-0.2, 0) is 10.8 Å². The Labute approximate surface area is 397 Å². The SMILES string of the molecule is Cc1ccc(N(c2ccc(C)cc2)c2cc3c(c4oc5ccccc5c24)-c2cc4c(cc2C3(C)C)-c2c(cc(N(c3ccc(C)cc3)c3ccc(C)cc3)c3c2oc2ccccc23)C4(C)C)cc1. The topological polar surface area (TPSA) is 32.8 Å². The first kappa shape index (κ1) is 40.5. The zero-order valence-corrected chi connectivity index (χ0v) is 39.9. The van der Waals surface area contributed by atoms with Gasteiger partial charge in [-0.15, -0.1) is 0 Å². The van der Waals surface area contributed by atoms with E-state index in [4.69, 9.17) is 8.83 Å². The lowest BCUT2D eigenvalue weighted by Gasteiger charge is -2.29. The first-order valence-electron chi connectivity index (χ1n) is 23.9. The van der Waals surface area contributed by atoms with Crippen LogP contribution in [0.15, 0.2) is 179 Å². The summed E-state index contributed by atoms with van der Waals surface area (Å²) in [5.41, 5.74) is 24.4. The molecule has 4 nitrogen and oxygen atoms in total. The summed E-state index contributed by atoms with van der Waals surface area (Å²) in [4.78, 5) is 4.85. The molecule has 0 saturated carbocycles. The second-order valence-corrected chi connectivity index (χ2v) is 20.4. The molecule has 0 radical (unpaired) electrons. The first-order valence-corrected chi connectivity index (χ1v) is 23.9. The van der Waals surface area contributed by atoms with Gasteiger partial charge in [-0.3, -0.25) is 0 Å². The third-order valence-corrected chi connectivity index (χ3v) is 15.3. The van der Waals surface area contributed by atoms with Crippen LogP contribution >= 0.6 is 0 Å². The maximum Gasteiger partial charge on any atom is 0.145 e. The van der Waals surface area contributed by atoms with Gasteiger partial charge in [0.1, 0.15) is 22.3 Å². The number of fused-ring (bicyclic) bond motifs is 14. The van der Waals surface area contributed by atoms with Gasteiger partial charge in [-0.1, -0.05) is 135 Å². The Hall–Kier alpha value is -7.82. The number of benzene rings is 9. The van der Waals surface area contributed by atoms with Gasteiger partial charge in [0, 0.05) is 55.5 Å². The highest BCUT2D eigenvalue weighted by molar-refractivity contribution is 6.21. The summed E-state index contributed by atoms with van der Waals surface area (Å²) in [6, 6.07) is 62.6. The van der Waals surface area contributed by atoms with Gasteiger partial charge in [-0.2, -0.15) is 0 Å². The Morgan fingerprint density at radius 3 is 0.985 bits per heavy atom. The number of nitrogens with zero attached hydrogens (tertiary/aromatic N) is 2. The van der Waals surface area contributed by atoms with E-state index >= 15 is 0 Å². The normalized spacial score (nSPS) is 14.1. The number of anilines is 6. The quantitative estimate of drug-likeness (QED) is 0.167. The average molecular weight is 881 g/mol. The largest absolute Gasteiger partial charge is 0.455 e. The summed E-state index contributed by atoms with van der Waals surface area (Å²) in [5, 5.41) is 4.45. The number of rotatable bonds is 6. The van der Waals surface area contributed by atoms with Gasteiger partial charge in [0.25, 0.3) is 0 Å². The standard InChI is InChI=1S/C64H52N2O2/c1-37-17-25-41(26-18-37)65(42-27-19-38(2)20-28-42)53-35-51-57(61-59(53)45-13-9-11-15-55(45)67-61)47-33-50-48(34-49(47)63(51,5)6)58-52(64(50,7)8)36-54(60-46-14-10-12-16-56(46)68-62(58)60)66(43-29-21-39(3)22-30-43)44-31-23-40(4)24-32-44/h9-36H,1-8H3. The zero-order chi connectivity index (χ0) is 46.4. The van der Waals surface area contributed by atoms with Crippen LogP contribution in [0.1, 0.15) is 72.2 Å². The molecule has 0 saturated heterocycles. The van der Waals surface area contributed by atoms with E-state index in [0.717, 1.165) is 78.0 Å². The van der Waals surface area contributed by atoms with Gasteiger partial charge >= 0.3 is 0 Å². The van der Waals surface area contributed by atoms with Crippen LogP contribution in [-0.4, -0.2) is 0 Å². The molecule has 2 heterocycles. The molecule has 0 atom stereocenters. The van der Waals surface area contributed by atoms with Crippen LogP contribution in [0.4, 0.5) is 34.1 Å². The Morgan fingerprint density at radius 2 is 0.662 bits per heavy atom. The second-order valence-electron chi connectivity index (χ2n) is 20.4. The van der Waals surface area contributed by atoms with Crippen LogP contribution in [0.3, 0.4) is 0 Å². The van der Waals surface area contributed by atoms with Crippen molar-refractivity contribution in [2.24, 2.45) is 0 Å². The average Bonchev–Trinajstić information content (AvgIpc) is 4.04. The highest BCUT2D eigenvalue weighted by Gasteiger charge is 2.45. The number of furan rings is 2. The molecule has 0 N–H and O–H groups in total. The third-order valence-electron chi connectivity index (χ3n) is 15.3. The second kappa shape index (κ2) is 14.3. The lowest BCUT2D eigenvalue weighted by atomic mass is 9.79. The van der Waals surface area contributed by atoms with Gasteiger partial charge in [-0.05, 0) is 146 Å². The molecule has 2 aromatic heterocycles. The number of hydrogen-bond acceptors (Lipinski definition) is 4. The summed E-state index contributed by atoms with van der Waals surface area (Å²) in [6.45, 7) is 18.2. The van der Waals surface area contributed by atoms with Gasteiger partial charge in [-0.25, -0.2) is 0 Å². The molecule has 68 heavy (non-hydrogen) atoms. The van der Waals surface area contributed by atoms with Gasteiger partial charge in [0.15, 0.2) is 0 Å². The zero-order valence-electron chi connectivity index (χ0n) is 39.9. The predicted molar refractivity (Wildman–Crippen MR) is 284 cm³/mol. The fourth-order valence-electron chi connectivity index (χ4n) is 11.6. The number of para-hydroxylation sites is 2. The van der Waals surface area contributed by atoms with E-state index in [1.165, 1.54) is 66.8 Å². The molecule has 0 spiro atoms. The lowest BCUT2D eigenvalue weighted by Crippen LogP contribution is -2.18. The molecule has 2 aliphatic rings. The minimum absolute atomic E-state index is 0.374. The number of aryl methyl sites for hydroxylation is 4. The van der Waals surface area contributed by atoms with Gasteiger partial charge < -0.3 is 18.6 Å². The summed E-state index contributed by atoms with van der Waals surface area (Å²) >= 11 is 0. The Balaban J connectivity index is 1.08. The van der Waals surface area contributed by atoms with E-state index in [0.29, 0.717) is 0 Å². The summed E-state index contributed by atoms with van der Waals surface area (Å²) in [7, 11) is 0. The van der Waals surface area contributed by atoms with E-state index in [-0.39, 0.29) is 10.8 Å². The van der Waals surface area contributed by atoms with Gasteiger partial charge in [0.2, 0.25) is 0 Å². The Kier molecular flexibility index (Phi) is 8.53. The molecule has 0 fully saturated rings. The Bertz CT molecular complexity index is 3520. The molecule has 0 unspecified atom stereocenters. The fraction of sp³-hybridized carbons (Fsp3) is 0.156. The highest BCUT2D eigenvalue weighted by Crippen LogP contribution is 2.62. The van der Waals surface area contributed by atoms with Crippen molar-refractivity contribution < 1.29 is 8.83 Å². The van der Waals surface area contributed by atoms with E-state index in [9.17, 15) is 0 Å². The molecule has 4 heteroatoms. The van der Waals surface area contributed by atoms with Crippen molar-refractivity contribution in [2.75, 3.05) is 9.80 Å². The first-order chi connectivity index (χ1) is 32.9. The van der Waals surface area contributed by atoms with Crippen molar-refractivity contribution in [1.29, 1.82) is 0 Å². The minimum Gasteiger partial charge on any atom is -0.455 e. The molecule has 0 amide bonds. The molecule has 0 bridgehead atoms. The van der Waals surface area contributed by atoms with E-state index < -0.39 is 0 Å². The molecular formula is C64H52N2O2. The molecule has 330 valence electrons. The minimum atomic E-state index is -0.374. The van der Waals surface area contributed by atoms with Crippen molar-refractivity contribution >= 4 is 78.0 Å². The van der Waals surface area contributed by atoms with Crippen molar-refractivity contribution in [3.8, 4) is 22.3 Å². The highest BCUT2D eigenvalue weighted by atomic mass is 16.3. The van der Waals surface area contributed by atoms with Crippen molar-refractivity contribution in [2.45, 2.75) is 66.2 Å². The van der Waals surface area contributed by atoms with Crippen molar-refractivity contribution in [1.82, 2.24) is 0 Å². The van der Waals surface area contributed by atoms with Crippen LogP contribution in [0, 0.1) is 27.7 Å². The lowest BCUT2D eigenvalue weighted by molar-refractivity contribution is 0.648.